The van der Waals surface area contributed by atoms with Crippen LogP contribution in [-0.4, -0.2) is 40.8 Å². The molecule has 0 radical (unpaired) electrons. The van der Waals surface area contributed by atoms with E-state index < -0.39 is 20.8 Å². The first-order valence-corrected chi connectivity index (χ1v) is 8.39. The largest absolute Gasteiger partial charge is 0.381 e. The van der Waals surface area contributed by atoms with Crippen LogP contribution in [0.1, 0.15) is 20.3 Å². The van der Waals surface area contributed by atoms with Crippen LogP contribution < -0.4 is 5.73 Å². The summed E-state index contributed by atoms with van der Waals surface area (Å²) in [5.74, 6) is 0.326. The van der Waals surface area contributed by atoms with E-state index in [9.17, 15) is 8.42 Å². The summed E-state index contributed by atoms with van der Waals surface area (Å²) in [5, 5.41) is 12.7. The van der Waals surface area contributed by atoms with E-state index in [-0.39, 0.29) is 19.5 Å². The molecule has 9 heteroatoms. The lowest BCUT2D eigenvalue weighted by molar-refractivity contribution is 0.0713. The Morgan fingerprint density at radius 3 is 2.60 bits per heavy atom. The van der Waals surface area contributed by atoms with Crippen molar-refractivity contribution in [1.29, 1.82) is 5.26 Å². The van der Waals surface area contributed by atoms with Crippen molar-refractivity contribution in [1.82, 2.24) is 14.1 Å². The molecule has 1 aromatic heterocycles. The quantitative estimate of drug-likeness (QED) is 0.857. The Balaban J connectivity index is 2.27. The number of halogens is 1. The fourth-order valence-corrected chi connectivity index (χ4v) is 3.89. The van der Waals surface area contributed by atoms with Gasteiger partial charge in [-0.25, -0.2) is 8.42 Å². The molecule has 1 aliphatic heterocycles. The highest BCUT2D eigenvalue weighted by Gasteiger charge is 2.50. The molecule has 0 bridgehead atoms. The molecule has 0 spiro atoms. The summed E-state index contributed by atoms with van der Waals surface area (Å²) in [6.07, 6.45) is 1.87. The number of aromatic nitrogens is 2. The van der Waals surface area contributed by atoms with E-state index in [0.717, 1.165) is 0 Å². The van der Waals surface area contributed by atoms with Gasteiger partial charge in [0.1, 0.15) is 5.54 Å². The van der Waals surface area contributed by atoms with Crippen molar-refractivity contribution in [2.24, 2.45) is 0 Å². The van der Waals surface area contributed by atoms with Crippen LogP contribution in [0.25, 0.3) is 0 Å². The lowest BCUT2D eigenvalue weighted by Gasteiger charge is -2.48. The Morgan fingerprint density at radius 2 is 2.20 bits per heavy atom. The van der Waals surface area contributed by atoms with E-state index in [1.54, 1.807) is 24.7 Å². The van der Waals surface area contributed by atoms with Gasteiger partial charge in [-0.1, -0.05) is 0 Å². The van der Waals surface area contributed by atoms with Crippen LogP contribution in [0.5, 0.6) is 0 Å². The molecule has 0 atom stereocenters. The van der Waals surface area contributed by atoms with Gasteiger partial charge in [0.15, 0.2) is 5.82 Å². The number of anilines is 1. The van der Waals surface area contributed by atoms with Crippen molar-refractivity contribution >= 4 is 31.8 Å². The summed E-state index contributed by atoms with van der Waals surface area (Å²) in [6.45, 7) is 3.77. The van der Waals surface area contributed by atoms with Gasteiger partial charge in [0.25, 0.3) is 0 Å². The molecule has 20 heavy (non-hydrogen) atoms. The molecule has 2 rings (SSSR count). The summed E-state index contributed by atoms with van der Waals surface area (Å²) in [5.41, 5.74) is 5.06. The fourth-order valence-electron chi connectivity index (χ4n) is 2.18. The van der Waals surface area contributed by atoms with E-state index in [1.807, 2.05) is 0 Å². The molecule has 0 aliphatic carbocycles. The summed E-state index contributed by atoms with van der Waals surface area (Å²) >= 11 is 3.27. The Hall–Kier alpha value is -1.11. The van der Waals surface area contributed by atoms with Gasteiger partial charge in [0.05, 0.1) is 22.2 Å². The predicted octanol–water partition coefficient (Wildman–Crippen LogP) is 0.891. The van der Waals surface area contributed by atoms with Crippen molar-refractivity contribution in [3.8, 4) is 6.07 Å². The van der Waals surface area contributed by atoms with E-state index >= 15 is 0 Å². The lowest BCUT2D eigenvalue weighted by Crippen LogP contribution is -2.65. The summed E-state index contributed by atoms with van der Waals surface area (Å²) in [4.78, 5) is 0. The minimum absolute atomic E-state index is 0.185. The number of nitrogen functional groups attached to an aromatic ring is 1. The number of nitrogens with zero attached hydrogens (tertiary/aromatic N) is 4. The van der Waals surface area contributed by atoms with E-state index in [2.05, 4.69) is 27.1 Å². The van der Waals surface area contributed by atoms with Gasteiger partial charge < -0.3 is 5.73 Å². The molecule has 2 N–H and O–H groups in total. The number of rotatable bonds is 4. The predicted molar refractivity (Wildman–Crippen MR) is 78.2 cm³/mol. The van der Waals surface area contributed by atoms with Crippen LogP contribution in [0.4, 0.5) is 5.82 Å². The summed E-state index contributed by atoms with van der Waals surface area (Å²) < 4.78 is 27.8. The van der Waals surface area contributed by atoms with Crippen molar-refractivity contribution in [2.75, 3.05) is 18.8 Å². The molecule has 0 unspecified atom stereocenters. The van der Waals surface area contributed by atoms with Gasteiger partial charge in [-0.15, -0.1) is 0 Å². The number of nitrogens with two attached hydrogens (primary N) is 1. The highest BCUT2D eigenvalue weighted by atomic mass is 79.9. The maximum Gasteiger partial charge on any atom is 0.216 e. The molecule has 2 heterocycles. The zero-order valence-corrected chi connectivity index (χ0v) is 13.6. The second-order valence-corrected chi connectivity index (χ2v) is 8.57. The van der Waals surface area contributed by atoms with Crippen LogP contribution in [0, 0.1) is 11.3 Å². The average Bonchev–Trinajstić information content (AvgIpc) is 2.63. The Labute approximate surface area is 126 Å². The zero-order valence-electron chi connectivity index (χ0n) is 11.2. The lowest BCUT2D eigenvalue weighted by atomic mass is 9.89. The maximum absolute atomic E-state index is 12.1. The normalized spacial score (nSPS) is 18.8. The monoisotopic (exact) mass is 361 g/mol. The van der Waals surface area contributed by atoms with Crippen LogP contribution in [-0.2, 0) is 15.6 Å². The highest BCUT2D eigenvalue weighted by Crippen LogP contribution is 2.36. The highest BCUT2D eigenvalue weighted by molar-refractivity contribution is 9.10. The van der Waals surface area contributed by atoms with Crippen LogP contribution in [0.3, 0.4) is 0 Å². The number of nitriles is 1. The van der Waals surface area contributed by atoms with Gasteiger partial charge in [-0.3, -0.25) is 4.68 Å². The first kappa shape index (κ1) is 15.3. The number of sulfonamides is 1. The molecule has 0 aromatic carbocycles. The molecular formula is C11H16BrN5O2S. The van der Waals surface area contributed by atoms with Crippen LogP contribution in [0.2, 0.25) is 0 Å². The molecule has 7 nitrogen and oxygen atoms in total. The third-order valence-electron chi connectivity index (χ3n) is 3.49. The number of hydrogen-bond acceptors (Lipinski definition) is 5. The molecule has 1 saturated heterocycles. The SMILES string of the molecule is CC(C)S(=O)(=O)N1CC(CC#N)(n2cc(Br)c(N)n2)C1. The van der Waals surface area contributed by atoms with Gasteiger partial charge >= 0.3 is 0 Å². The Kier molecular flexibility index (Phi) is 3.83. The summed E-state index contributed by atoms with van der Waals surface area (Å²) in [6, 6.07) is 2.10. The second kappa shape index (κ2) is 5.02. The molecule has 1 fully saturated rings. The van der Waals surface area contributed by atoms with Crippen molar-refractivity contribution in [3.63, 3.8) is 0 Å². The molecular weight excluding hydrogens is 346 g/mol. The van der Waals surface area contributed by atoms with E-state index in [1.165, 1.54) is 4.31 Å². The van der Waals surface area contributed by atoms with Crippen LogP contribution >= 0.6 is 15.9 Å². The Morgan fingerprint density at radius 1 is 1.60 bits per heavy atom. The molecule has 110 valence electrons. The minimum atomic E-state index is -3.30. The third kappa shape index (κ3) is 2.32. The first-order chi connectivity index (χ1) is 9.23. The minimum Gasteiger partial charge on any atom is -0.381 e. The maximum atomic E-state index is 12.1. The fraction of sp³-hybridized carbons (Fsp3) is 0.636. The standard InChI is InChI=1S/C11H16BrN5O2S/c1-8(2)20(18,19)16-6-11(7-16,3-4-13)17-5-9(12)10(14)15-17/h5,8H,3,6-7H2,1-2H3,(H2,14,15). The number of hydrogen-bond donors (Lipinski definition) is 1. The smallest absolute Gasteiger partial charge is 0.216 e. The van der Waals surface area contributed by atoms with E-state index in [0.29, 0.717) is 10.3 Å². The Bertz CT molecular complexity index is 635. The summed E-state index contributed by atoms with van der Waals surface area (Å²) in [7, 11) is -3.30. The van der Waals surface area contributed by atoms with Gasteiger partial charge in [-0.2, -0.15) is 14.7 Å². The average molecular weight is 362 g/mol. The molecule has 0 amide bonds. The van der Waals surface area contributed by atoms with Crippen molar-refractivity contribution in [2.45, 2.75) is 31.1 Å². The molecule has 1 aromatic rings. The zero-order chi connectivity index (χ0) is 15.1. The second-order valence-electron chi connectivity index (χ2n) is 5.23. The van der Waals surface area contributed by atoms with Gasteiger partial charge in [0.2, 0.25) is 10.0 Å². The third-order valence-corrected chi connectivity index (χ3v) is 6.27. The van der Waals surface area contributed by atoms with Crippen LogP contribution in [0.15, 0.2) is 10.7 Å². The van der Waals surface area contributed by atoms with E-state index in [4.69, 9.17) is 11.0 Å². The van der Waals surface area contributed by atoms with Crippen molar-refractivity contribution < 1.29 is 8.42 Å². The van der Waals surface area contributed by atoms with Gasteiger partial charge in [0, 0.05) is 19.3 Å². The topological polar surface area (TPSA) is 105 Å². The molecule has 1 aliphatic rings. The first-order valence-electron chi connectivity index (χ1n) is 6.10. The van der Waals surface area contributed by atoms with Gasteiger partial charge in [-0.05, 0) is 29.8 Å². The van der Waals surface area contributed by atoms with Crippen molar-refractivity contribution in [3.05, 3.63) is 10.7 Å². The molecule has 0 saturated carbocycles.